The van der Waals surface area contributed by atoms with Gasteiger partial charge in [0.25, 0.3) is 0 Å². The van der Waals surface area contributed by atoms with Crippen LogP contribution in [0.3, 0.4) is 0 Å². The molecule has 6 heavy (non-hydrogen) atoms. The van der Waals surface area contributed by atoms with E-state index in [1.54, 1.807) is 0 Å². The van der Waals surface area contributed by atoms with Gasteiger partial charge in [0, 0.05) is 0 Å². The first-order chi connectivity index (χ1) is 2.84. The standard InChI is InChI=1S/C4H9NO/c5-2-3-1-4(3)6/h3-4,6H,1-2,5H2/t3-,4+/m1/s1. The van der Waals surface area contributed by atoms with E-state index < -0.39 is 0 Å². The van der Waals surface area contributed by atoms with Gasteiger partial charge in [-0.15, -0.1) is 0 Å². The summed E-state index contributed by atoms with van der Waals surface area (Å²) in [4.78, 5) is 0. The Balaban J connectivity index is 2.09. The van der Waals surface area contributed by atoms with Crippen LogP contribution in [0.15, 0.2) is 0 Å². The van der Waals surface area contributed by atoms with Gasteiger partial charge in [-0.05, 0) is 18.9 Å². The molecule has 36 valence electrons. The number of aliphatic hydroxyl groups is 1. The van der Waals surface area contributed by atoms with Crippen LogP contribution in [0.2, 0.25) is 0 Å². The van der Waals surface area contributed by atoms with Crippen LogP contribution in [-0.2, 0) is 0 Å². The molecule has 0 aliphatic heterocycles. The summed E-state index contributed by atoms with van der Waals surface area (Å²) in [6.07, 6.45) is 0.867. The smallest absolute Gasteiger partial charge is 0.0585 e. The zero-order chi connectivity index (χ0) is 4.57. The van der Waals surface area contributed by atoms with Gasteiger partial charge in [-0.2, -0.15) is 0 Å². The summed E-state index contributed by atoms with van der Waals surface area (Å²) < 4.78 is 0. The lowest BCUT2D eigenvalue weighted by molar-refractivity contribution is 0.261. The van der Waals surface area contributed by atoms with Crippen LogP contribution >= 0.6 is 0 Å². The maximum absolute atomic E-state index is 8.55. The van der Waals surface area contributed by atoms with Gasteiger partial charge in [-0.25, -0.2) is 0 Å². The summed E-state index contributed by atoms with van der Waals surface area (Å²) in [5, 5.41) is 8.55. The highest BCUT2D eigenvalue weighted by Gasteiger charge is 2.33. The van der Waals surface area contributed by atoms with Gasteiger partial charge in [-0.3, -0.25) is 0 Å². The van der Waals surface area contributed by atoms with E-state index in [9.17, 15) is 0 Å². The fourth-order valence-corrected chi connectivity index (χ4v) is 0.485. The molecule has 2 atom stereocenters. The largest absolute Gasteiger partial charge is 0.393 e. The van der Waals surface area contributed by atoms with Crippen molar-refractivity contribution in [3.63, 3.8) is 0 Å². The van der Waals surface area contributed by atoms with Crippen molar-refractivity contribution in [2.45, 2.75) is 12.5 Å². The molecule has 1 aliphatic rings. The number of rotatable bonds is 1. The van der Waals surface area contributed by atoms with Crippen LogP contribution in [0.25, 0.3) is 0 Å². The van der Waals surface area contributed by atoms with E-state index in [4.69, 9.17) is 10.8 Å². The normalized spacial score (nSPS) is 43.0. The molecular weight excluding hydrogens is 78.0 g/mol. The first kappa shape index (κ1) is 4.09. The second-order valence-corrected chi connectivity index (χ2v) is 1.80. The molecule has 1 rings (SSSR count). The summed E-state index contributed by atoms with van der Waals surface area (Å²) in [5.74, 6) is 0.435. The lowest BCUT2D eigenvalue weighted by Gasteiger charge is -1.79. The number of hydrogen-bond donors (Lipinski definition) is 2. The van der Waals surface area contributed by atoms with Gasteiger partial charge in [0.1, 0.15) is 0 Å². The third-order valence-corrected chi connectivity index (χ3v) is 1.19. The average Bonchev–Trinajstić information content (AvgIpc) is 2.19. The molecule has 0 amide bonds. The molecule has 2 nitrogen and oxygen atoms in total. The van der Waals surface area contributed by atoms with Crippen molar-refractivity contribution in [2.75, 3.05) is 6.54 Å². The van der Waals surface area contributed by atoms with Crippen molar-refractivity contribution in [1.29, 1.82) is 0 Å². The van der Waals surface area contributed by atoms with Gasteiger partial charge in [0.15, 0.2) is 0 Å². The van der Waals surface area contributed by atoms with Gasteiger partial charge < -0.3 is 10.8 Å². The van der Waals surface area contributed by atoms with E-state index in [1.807, 2.05) is 0 Å². The molecule has 0 aromatic rings. The SMILES string of the molecule is NC[C@H]1C[C@@H]1O. The second kappa shape index (κ2) is 1.21. The Morgan fingerprint density at radius 2 is 2.33 bits per heavy atom. The summed E-state index contributed by atoms with van der Waals surface area (Å²) in [5.41, 5.74) is 5.16. The molecule has 2 heteroatoms. The van der Waals surface area contributed by atoms with Crippen molar-refractivity contribution in [3.05, 3.63) is 0 Å². The third kappa shape index (κ3) is 0.533. The minimum Gasteiger partial charge on any atom is -0.393 e. The molecule has 0 saturated heterocycles. The molecule has 0 bridgehead atoms. The van der Waals surface area contributed by atoms with Crippen LogP contribution in [-0.4, -0.2) is 17.8 Å². The number of aliphatic hydroxyl groups excluding tert-OH is 1. The molecule has 0 aromatic heterocycles. The topological polar surface area (TPSA) is 46.2 Å². The lowest BCUT2D eigenvalue weighted by atomic mass is 10.4. The maximum Gasteiger partial charge on any atom is 0.0585 e. The lowest BCUT2D eigenvalue weighted by Crippen LogP contribution is -2.03. The van der Waals surface area contributed by atoms with Crippen LogP contribution in [0, 0.1) is 5.92 Å². The summed E-state index contributed by atoms with van der Waals surface area (Å²) >= 11 is 0. The van der Waals surface area contributed by atoms with Crippen molar-refractivity contribution < 1.29 is 5.11 Å². The van der Waals surface area contributed by atoms with Crippen LogP contribution in [0.1, 0.15) is 6.42 Å². The molecule has 0 aromatic carbocycles. The highest BCUT2D eigenvalue weighted by atomic mass is 16.3. The van der Waals surface area contributed by atoms with E-state index in [1.165, 1.54) is 0 Å². The van der Waals surface area contributed by atoms with Crippen molar-refractivity contribution >= 4 is 0 Å². The van der Waals surface area contributed by atoms with E-state index in [2.05, 4.69) is 0 Å². The van der Waals surface area contributed by atoms with Crippen LogP contribution < -0.4 is 5.73 Å². The average molecular weight is 87.1 g/mol. The molecule has 1 aliphatic carbocycles. The zero-order valence-corrected chi connectivity index (χ0v) is 3.59. The Morgan fingerprint density at radius 1 is 1.83 bits per heavy atom. The predicted octanol–water partition coefficient (Wildman–Crippen LogP) is -0.674. The Kier molecular flexibility index (Phi) is 0.821. The van der Waals surface area contributed by atoms with Gasteiger partial charge in [0.05, 0.1) is 6.10 Å². The highest BCUT2D eigenvalue weighted by molar-refractivity contribution is 4.85. The van der Waals surface area contributed by atoms with E-state index in [0.29, 0.717) is 12.5 Å². The van der Waals surface area contributed by atoms with Crippen molar-refractivity contribution in [1.82, 2.24) is 0 Å². The Morgan fingerprint density at radius 3 is 2.33 bits per heavy atom. The highest BCUT2D eigenvalue weighted by Crippen LogP contribution is 2.27. The molecule has 0 radical (unpaired) electrons. The molecule has 0 heterocycles. The Hall–Kier alpha value is -0.0800. The van der Waals surface area contributed by atoms with Gasteiger partial charge in [-0.1, -0.05) is 0 Å². The monoisotopic (exact) mass is 87.1 g/mol. The van der Waals surface area contributed by atoms with Crippen LogP contribution in [0.5, 0.6) is 0 Å². The summed E-state index contributed by atoms with van der Waals surface area (Å²) in [6.45, 7) is 0.654. The molecule has 0 spiro atoms. The number of nitrogens with two attached hydrogens (primary N) is 1. The molecule has 1 fully saturated rings. The maximum atomic E-state index is 8.55. The third-order valence-electron chi connectivity index (χ3n) is 1.19. The molecule has 3 N–H and O–H groups in total. The minimum atomic E-state index is -0.0602. The Labute approximate surface area is 37.0 Å². The summed E-state index contributed by atoms with van der Waals surface area (Å²) in [6, 6.07) is 0. The summed E-state index contributed by atoms with van der Waals surface area (Å²) in [7, 11) is 0. The van der Waals surface area contributed by atoms with E-state index in [-0.39, 0.29) is 6.10 Å². The minimum absolute atomic E-state index is 0.0602. The van der Waals surface area contributed by atoms with Gasteiger partial charge >= 0.3 is 0 Å². The molecule has 1 saturated carbocycles. The quantitative estimate of drug-likeness (QED) is 0.445. The number of hydrogen-bond acceptors (Lipinski definition) is 2. The first-order valence-electron chi connectivity index (χ1n) is 2.22. The van der Waals surface area contributed by atoms with Crippen LogP contribution in [0.4, 0.5) is 0 Å². The van der Waals surface area contributed by atoms with Crippen molar-refractivity contribution in [2.24, 2.45) is 11.7 Å². The van der Waals surface area contributed by atoms with E-state index >= 15 is 0 Å². The van der Waals surface area contributed by atoms with Crippen molar-refractivity contribution in [3.8, 4) is 0 Å². The predicted molar refractivity (Wildman–Crippen MR) is 23.2 cm³/mol. The fourth-order valence-electron chi connectivity index (χ4n) is 0.485. The second-order valence-electron chi connectivity index (χ2n) is 1.80. The Bertz CT molecular complexity index is 53.5. The van der Waals surface area contributed by atoms with Gasteiger partial charge in [0.2, 0.25) is 0 Å². The first-order valence-corrected chi connectivity index (χ1v) is 2.22. The molecular formula is C4H9NO. The molecule has 0 unspecified atom stereocenters. The fraction of sp³-hybridized carbons (Fsp3) is 1.00. The zero-order valence-electron chi connectivity index (χ0n) is 3.59. The van der Waals surface area contributed by atoms with E-state index in [0.717, 1.165) is 6.42 Å².